The molecule has 1 aliphatic rings. The first-order chi connectivity index (χ1) is 9.99. The average Bonchev–Trinajstić information content (AvgIpc) is 3.22. The van der Waals surface area contributed by atoms with Crippen LogP contribution in [-0.4, -0.2) is 53.6 Å². The normalized spacial score (nSPS) is 15.2. The fourth-order valence-corrected chi connectivity index (χ4v) is 1.68. The van der Waals surface area contributed by atoms with Crippen LogP contribution >= 0.6 is 0 Å². The van der Waals surface area contributed by atoms with E-state index in [-0.39, 0.29) is 5.91 Å². The molecule has 0 spiro atoms. The van der Waals surface area contributed by atoms with Crippen molar-refractivity contribution >= 4 is 23.8 Å². The number of nitrogens with zero attached hydrogens (tertiary/aromatic N) is 4. The Hall–Kier alpha value is -2.12. The van der Waals surface area contributed by atoms with Crippen LogP contribution in [0, 0.1) is 0 Å². The van der Waals surface area contributed by atoms with E-state index in [0.29, 0.717) is 30.4 Å². The molecule has 0 aromatic carbocycles. The summed E-state index contributed by atoms with van der Waals surface area (Å²) in [6.07, 6.45) is 2.14. The SMILES string of the molecule is CCNc1nc(NC(C)C(=O)NC2CC2)nc(N(C)C)n1. The lowest BCUT2D eigenvalue weighted by atomic mass is 10.3. The van der Waals surface area contributed by atoms with Crippen LogP contribution in [0.5, 0.6) is 0 Å². The van der Waals surface area contributed by atoms with Gasteiger partial charge >= 0.3 is 0 Å². The van der Waals surface area contributed by atoms with Gasteiger partial charge in [-0.05, 0) is 26.7 Å². The summed E-state index contributed by atoms with van der Waals surface area (Å²) in [6.45, 7) is 4.48. The van der Waals surface area contributed by atoms with Crippen LogP contribution < -0.4 is 20.9 Å². The average molecular weight is 293 g/mol. The lowest BCUT2D eigenvalue weighted by molar-refractivity contribution is -0.121. The Labute approximate surface area is 124 Å². The first-order valence-electron chi connectivity index (χ1n) is 7.23. The van der Waals surface area contributed by atoms with Crippen LogP contribution in [0.25, 0.3) is 0 Å². The minimum Gasteiger partial charge on any atom is -0.354 e. The Balaban J connectivity index is 2.07. The molecular weight excluding hydrogens is 270 g/mol. The molecule has 1 atom stereocenters. The molecule has 0 aliphatic heterocycles. The number of rotatable bonds is 7. The van der Waals surface area contributed by atoms with Crippen LogP contribution in [0.3, 0.4) is 0 Å². The van der Waals surface area contributed by atoms with E-state index < -0.39 is 6.04 Å². The van der Waals surface area contributed by atoms with Crippen LogP contribution in [0.15, 0.2) is 0 Å². The standard InChI is InChI=1S/C13H23N7O/c1-5-14-11-17-12(19-13(18-11)20(3)4)15-8(2)10(21)16-9-6-7-9/h8-9H,5-7H2,1-4H3,(H,16,21)(H2,14,15,17,18,19). The van der Waals surface area contributed by atoms with Crippen molar-refractivity contribution in [2.75, 3.05) is 36.2 Å². The highest BCUT2D eigenvalue weighted by molar-refractivity contribution is 5.84. The van der Waals surface area contributed by atoms with Crippen molar-refractivity contribution in [1.29, 1.82) is 0 Å². The van der Waals surface area contributed by atoms with Crippen molar-refractivity contribution in [3.05, 3.63) is 0 Å². The molecule has 2 rings (SSSR count). The Morgan fingerprint density at radius 3 is 2.52 bits per heavy atom. The fraction of sp³-hybridized carbons (Fsp3) is 0.692. The van der Waals surface area contributed by atoms with Crippen molar-refractivity contribution < 1.29 is 4.79 Å². The predicted octanol–water partition coefficient (Wildman–Crippen LogP) is 0.448. The summed E-state index contributed by atoms with van der Waals surface area (Å²) in [5.74, 6) is 1.39. The van der Waals surface area contributed by atoms with Crippen molar-refractivity contribution in [3.63, 3.8) is 0 Å². The minimum atomic E-state index is -0.391. The van der Waals surface area contributed by atoms with Gasteiger partial charge in [-0.2, -0.15) is 15.0 Å². The van der Waals surface area contributed by atoms with Gasteiger partial charge in [0.25, 0.3) is 0 Å². The molecule has 1 unspecified atom stereocenters. The largest absolute Gasteiger partial charge is 0.354 e. The summed E-state index contributed by atoms with van der Waals surface area (Å²) < 4.78 is 0. The highest BCUT2D eigenvalue weighted by Crippen LogP contribution is 2.19. The van der Waals surface area contributed by atoms with Crippen LogP contribution in [0.1, 0.15) is 26.7 Å². The molecule has 1 heterocycles. The van der Waals surface area contributed by atoms with Crippen molar-refractivity contribution in [2.24, 2.45) is 0 Å². The topological polar surface area (TPSA) is 95.1 Å². The number of nitrogens with one attached hydrogen (secondary N) is 3. The van der Waals surface area contributed by atoms with Crippen LogP contribution in [0.4, 0.5) is 17.8 Å². The molecule has 3 N–H and O–H groups in total. The quantitative estimate of drug-likeness (QED) is 0.671. The molecule has 1 saturated carbocycles. The van der Waals surface area contributed by atoms with Gasteiger partial charge < -0.3 is 20.9 Å². The number of amides is 1. The molecule has 1 aromatic rings. The first-order valence-corrected chi connectivity index (χ1v) is 7.23. The molecule has 8 heteroatoms. The van der Waals surface area contributed by atoms with Gasteiger partial charge in [0.2, 0.25) is 23.8 Å². The molecule has 1 aliphatic carbocycles. The Morgan fingerprint density at radius 2 is 1.95 bits per heavy atom. The van der Waals surface area contributed by atoms with Crippen LogP contribution in [-0.2, 0) is 4.79 Å². The van der Waals surface area contributed by atoms with Gasteiger partial charge in [-0.25, -0.2) is 0 Å². The third kappa shape index (κ3) is 4.44. The molecule has 1 aromatic heterocycles. The van der Waals surface area contributed by atoms with E-state index in [9.17, 15) is 4.79 Å². The Kier molecular flexibility index (Phi) is 4.77. The molecule has 21 heavy (non-hydrogen) atoms. The van der Waals surface area contributed by atoms with E-state index in [1.807, 2.05) is 21.0 Å². The molecule has 0 bridgehead atoms. The van der Waals surface area contributed by atoms with Gasteiger partial charge in [0.15, 0.2) is 0 Å². The second-order valence-corrected chi connectivity index (χ2v) is 5.36. The maximum atomic E-state index is 12.0. The van der Waals surface area contributed by atoms with E-state index in [1.165, 1.54) is 0 Å². The van der Waals surface area contributed by atoms with Crippen molar-refractivity contribution in [2.45, 2.75) is 38.8 Å². The van der Waals surface area contributed by atoms with E-state index >= 15 is 0 Å². The van der Waals surface area contributed by atoms with Gasteiger partial charge in [0.1, 0.15) is 6.04 Å². The van der Waals surface area contributed by atoms with E-state index in [4.69, 9.17) is 0 Å². The third-order valence-electron chi connectivity index (χ3n) is 3.02. The Bertz CT molecular complexity index is 501. The predicted molar refractivity (Wildman–Crippen MR) is 82.6 cm³/mol. The maximum absolute atomic E-state index is 12.0. The minimum absolute atomic E-state index is 0.0330. The van der Waals surface area contributed by atoms with Gasteiger partial charge in [-0.1, -0.05) is 0 Å². The van der Waals surface area contributed by atoms with Crippen molar-refractivity contribution in [3.8, 4) is 0 Å². The van der Waals surface area contributed by atoms with Crippen LogP contribution in [0.2, 0.25) is 0 Å². The lowest BCUT2D eigenvalue weighted by Gasteiger charge is -2.16. The second-order valence-electron chi connectivity index (χ2n) is 5.36. The molecule has 0 saturated heterocycles. The van der Waals surface area contributed by atoms with E-state index in [2.05, 4.69) is 30.9 Å². The van der Waals surface area contributed by atoms with Gasteiger partial charge in [-0.3, -0.25) is 4.79 Å². The second kappa shape index (κ2) is 6.55. The van der Waals surface area contributed by atoms with E-state index in [0.717, 1.165) is 12.8 Å². The highest BCUT2D eigenvalue weighted by Gasteiger charge is 2.26. The zero-order valence-corrected chi connectivity index (χ0v) is 13.0. The summed E-state index contributed by atoms with van der Waals surface area (Å²) >= 11 is 0. The zero-order chi connectivity index (χ0) is 15.4. The molecule has 1 amide bonds. The molecule has 0 radical (unpaired) electrons. The molecular formula is C13H23N7O. The summed E-state index contributed by atoms with van der Waals surface area (Å²) in [5.41, 5.74) is 0. The third-order valence-corrected chi connectivity index (χ3v) is 3.02. The van der Waals surface area contributed by atoms with Gasteiger partial charge in [0.05, 0.1) is 0 Å². The number of anilines is 3. The molecule has 1 fully saturated rings. The zero-order valence-electron chi connectivity index (χ0n) is 13.0. The number of carbonyl (C=O) groups excluding carboxylic acids is 1. The monoisotopic (exact) mass is 293 g/mol. The smallest absolute Gasteiger partial charge is 0.242 e. The summed E-state index contributed by atoms with van der Waals surface area (Å²) in [6, 6.07) is -0.0488. The summed E-state index contributed by atoms with van der Waals surface area (Å²) in [7, 11) is 3.72. The highest BCUT2D eigenvalue weighted by atomic mass is 16.2. The number of hydrogen-bond acceptors (Lipinski definition) is 7. The number of carbonyl (C=O) groups is 1. The number of aromatic nitrogens is 3. The molecule has 8 nitrogen and oxygen atoms in total. The molecule has 116 valence electrons. The summed E-state index contributed by atoms with van der Waals surface area (Å²) in [5, 5.41) is 9.04. The number of hydrogen-bond donors (Lipinski definition) is 3. The lowest BCUT2D eigenvalue weighted by Crippen LogP contribution is -2.39. The Morgan fingerprint density at radius 1 is 1.29 bits per heavy atom. The summed E-state index contributed by atoms with van der Waals surface area (Å²) in [4.78, 5) is 26.6. The van der Waals surface area contributed by atoms with Crippen molar-refractivity contribution in [1.82, 2.24) is 20.3 Å². The van der Waals surface area contributed by atoms with Gasteiger partial charge in [-0.15, -0.1) is 0 Å². The van der Waals surface area contributed by atoms with E-state index in [1.54, 1.807) is 11.8 Å². The maximum Gasteiger partial charge on any atom is 0.242 e. The first kappa shape index (κ1) is 15.3. The van der Waals surface area contributed by atoms with Gasteiger partial charge in [0, 0.05) is 26.7 Å². The fourth-order valence-electron chi connectivity index (χ4n) is 1.68.